The molecule has 0 saturated carbocycles. The molecular weight excluding hydrogens is 342 g/mol. The molecular formula is C17H16ClN5O2. The normalized spacial score (nSPS) is 10.7. The van der Waals surface area contributed by atoms with Gasteiger partial charge in [0.15, 0.2) is 0 Å². The van der Waals surface area contributed by atoms with Gasteiger partial charge in [-0.2, -0.15) is 0 Å². The molecule has 3 aromatic rings. The first-order valence-corrected chi connectivity index (χ1v) is 7.92. The van der Waals surface area contributed by atoms with Crippen molar-refractivity contribution in [3.63, 3.8) is 0 Å². The van der Waals surface area contributed by atoms with Crippen molar-refractivity contribution in [2.24, 2.45) is 7.05 Å². The number of hydrogen-bond acceptors (Lipinski definition) is 4. The Bertz CT molecular complexity index is 936. The van der Waals surface area contributed by atoms with E-state index in [0.29, 0.717) is 21.8 Å². The average molecular weight is 358 g/mol. The van der Waals surface area contributed by atoms with Crippen molar-refractivity contribution in [1.29, 1.82) is 0 Å². The van der Waals surface area contributed by atoms with Gasteiger partial charge in [-0.25, -0.2) is 4.68 Å². The number of rotatable bonds is 4. The van der Waals surface area contributed by atoms with Gasteiger partial charge in [-0.3, -0.25) is 9.59 Å². The minimum absolute atomic E-state index is 0.0695. The number of carbonyl (C=O) groups is 2. The summed E-state index contributed by atoms with van der Waals surface area (Å²) in [5.74, 6) is -0.558. The summed E-state index contributed by atoms with van der Waals surface area (Å²) in [5, 5.41) is 11.2. The first-order chi connectivity index (χ1) is 11.9. The van der Waals surface area contributed by atoms with Gasteiger partial charge < -0.3 is 10.2 Å². The molecule has 2 aromatic carbocycles. The van der Waals surface area contributed by atoms with E-state index >= 15 is 0 Å². The number of nitrogens with zero attached hydrogens (tertiary/aromatic N) is 4. The van der Waals surface area contributed by atoms with Gasteiger partial charge in [0.2, 0.25) is 5.91 Å². The number of likely N-dealkylation sites (N-methyl/N-ethyl adjacent to an activating group) is 1. The zero-order valence-electron chi connectivity index (χ0n) is 13.7. The number of fused-ring (bicyclic) bond motifs is 1. The summed E-state index contributed by atoms with van der Waals surface area (Å²) in [7, 11) is 3.36. The Kier molecular flexibility index (Phi) is 4.67. The smallest absolute Gasteiger partial charge is 0.254 e. The highest BCUT2D eigenvalue weighted by atomic mass is 35.5. The van der Waals surface area contributed by atoms with Gasteiger partial charge in [0.05, 0.1) is 12.1 Å². The van der Waals surface area contributed by atoms with E-state index in [0.717, 1.165) is 5.52 Å². The number of anilines is 1. The summed E-state index contributed by atoms with van der Waals surface area (Å²) in [4.78, 5) is 25.9. The molecule has 0 fully saturated rings. The highest BCUT2D eigenvalue weighted by molar-refractivity contribution is 6.30. The summed E-state index contributed by atoms with van der Waals surface area (Å²) < 4.78 is 1.63. The van der Waals surface area contributed by atoms with E-state index in [1.165, 1.54) is 4.90 Å². The quantitative estimate of drug-likeness (QED) is 0.777. The molecule has 0 aliphatic carbocycles. The van der Waals surface area contributed by atoms with Crippen molar-refractivity contribution >= 4 is 40.1 Å². The Morgan fingerprint density at radius 2 is 1.92 bits per heavy atom. The standard InChI is InChI=1S/C17H16ClN5O2/c1-22(10-16(24)19-13-6-4-12(18)5-7-13)17(25)11-3-8-15-14(9-11)20-21-23(15)2/h3-9H,10H2,1-2H3,(H,19,24). The lowest BCUT2D eigenvalue weighted by atomic mass is 10.1. The van der Waals surface area contributed by atoms with Crippen molar-refractivity contribution in [3.05, 3.63) is 53.1 Å². The van der Waals surface area contributed by atoms with Crippen molar-refractivity contribution < 1.29 is 9.59 Å². The van der Waals surface area contributed by atoms with Crippen LogP contribution in [0.15, 0.2) is 42.5 Å². The summed E-state index contributed by atoms with van der Waals surface area (Å²) >= 11 is 5.81. The van der Waals surface area contributed by atoms with E-state index < -0.39 is 0 Å². The maximum atomic E-state index is 12.5. The number of carbonyl (C=O) groups excluding carboxylic acids is 2. The van der Waals surface area contributed by atoms with Crippen LogP contribution in [0.1, 0.15) is 10.4 Å². The SMILES string of the molecule is CN(CC(=O)Nc1ccc(Cl)cc1)C(=O)c1ccc2c(c1)nnn2C. The molecule has 0 aliphatic rings. The summed E-state index contributed by atoms with van der Waals surface area (Å²) in [6.07, 6.45) is 0. The van der Waals surface area contributed by atoms with Gasteiger partial charge in [-0.1, -0.05) is 16.8 Å². The van der Waals surface area contributed by atoms with Crippen LogP contribution in [0.25, 0.3) is 11.0 Å². The summed E-state index contributed by atoms with van der Waals surface area (Å²) in [5.41, 5.74) is 2.54. The van der Waals surface area contributed by atoms with Crippen molar-refractivity contribution in [2.75, 3.05) is 18.9 Å². The first-order valence-electron chi connectivity index (χ1n) is 7.54. The van der Waals surface area contributed by atoms with E-state index in [2.05, 4.69) is 15.6 Å². The molecule has 7 nitrogen and oxygen atoms in total. The van der Waals surface area contributed by atoms with Crippen LogP contribution in [-0.4, -0.2) is 45.3 Å². The van der Waals surface area contributed by atoms with Gasteiger partial charge in [-0.15, -0.1) is 5.10 Å². The average Bonchev–Trinajstić information content (AvgIpc) is 2.96. The number of halogens is 1. The van der Waals surface area contributed by atoms with E-state index in [1.54, 1.807) is 61.2 Å². The molecule has 0 unspecified atom stereocenters. The zero-order valence-corrected chi connectivity index (χ0v) is 14.5. The number of amides is 2. The predicted molar refractivity (Wildman–Crippen MR) is 95.6 cm³/mol. The molecule has 1 heterocycles. The Morgan fingerprint density at radius 1 is 1.20 bits per heavy atom. The molecule has 25 heavy (non-hydrogen) atoms. The second-order valence-corrected chi connectivity index (χ2v) is 6.07. The third-order valence-electron chi connectivity index (χ3n) is 3.71. The molecule has 0 saturated heterocycles. The molecule has 128 valence electrons. The number of aromatic nitrogens is 3. The van der Waals surface area contributed by atoms with E-state index in [1.807, 2.05) is 0 Å². The van der Waals surface area contributed by atoms with Gasteiger partial charge in [0, 0.05) is 30.4 Å². The zero-order chi connectivity index (χ0) is 18.0. The van der Waals surface area contributed by atoms with E-state index in [4.69, 9.17) is 11.6 Å². The summed E-state index contributed by atoms with van der Waals surface area (Å²) in [6, 6.07) is 11.9. The highest BCUT2D eigenvalue weighted by Crippen LogP contribution is 2.15. The molecule has 0 bridgehead atoms. The van der Waals surface area contributed by atoms with Crippen LogP contribution in [0.3, 0.4) is 0 Å². The van der Waals surface area contributed by atoms with Crippen LogP contribution in [0.4, 0.5) is 5.69 Å². The van der Waals surface area contributed by atoms with Gasteiger partial charge >= 0.3 is 0 Å². The second-order valence-electron chi connectivity index (χ2n) is 5.63. The van der Waals surface area contributed by atoms with Crippen LogP contribution in [0.5, 0.6) is 0 Å². The second kappa shape index (κ2) is 6.90. The number of hydrogen-bond donors (Lipinski definition) is 1. The van der Waals surface area contributed by atoms with Crippen LogP contribution >= 0.6 is 11.6 Å². The fourth-order valence-corrected chi connectivity index (χ4v) is 2.54. The lowest BCUT2D eigenvalue weighted by Crippen LogP contribution is -2.34. The lowest BCUT2D eigenvalue weighted by Gasteiger charge is -2.17. The molecule has 0 radical (unpaired) electrons. The molecule has 8 heteroatoms. The lowest BCUT2D eigenvalue weighted by molar-refractivity contribution is -0.116. The van der Waals surface area contributed by atoms with Crippen LogP contribution in [0, 0.1) is 0 Å². The molecule has 3 rings (SSSR count). The summed E-state index contributed by atoms with van der Waals surface area (Å²) in [6.45, 7) is -0.0695. The topological polar surface area (TPSA) is 80.1 Å². The Balaban J connectivity index is 1.66. The maximum Gasteiger partial charge on any atom is 0.254 e. The third kappa shape index (κ3) is 3.77. The van der Waals surface area contributed by atoms with Gasteiger partial charge in [0.1, 0.15) is 5.52 Å². The van der Waals surface area contributed by atoms with E-state index in [-0.39, 0.29) is 18.4 Å². The predicted octanol–water partition coefficient (Wildman–Crippen LogP) is 2.33. The van der Waals surface area contributed by atoms with E-state index in [9.17, 15) is 9.59 Å². The molecule has 1 N–H and O–H groups in total. The molecule has 0 spiro atoms. The largest absolute Gasteiger partial charge is 0.332 e. The number of aryl methyl sites for hydroxylation is 1. The van der Waals surface area contributed by atoms with Gasteiger partial charge in [0.25, 0.3) is 5.91 Å². The Hall–Kier alpha value is -2.93. The molecule has 0 aliphatic heterocycles. The van der Waals surface area contributed by atoms with Crippen LogP contribution < -0.4 is 5.32 Å². The number of benzene rings is 2. The molecule has 2 amide bonds. The highest BCUT2D eigenvalue weighted by Gasteiger charge is 2.16. The van der Waals surface area contributed by atoms with Crippen molar-refractivity contribution in [1.82, 2.24) is 19.9 Å². The fourth-order valence-electron chi connectivity index (χ4n) is 2.41. The van der Waals surface area contributed by atoms with Crippen LogP contribution in [-0.2, 0) is 11.8 Å². The Labute approximate surface area is 149 Å². The van der Waals surface area contributed by atoms with Crippen molar-refractivity contribution in [3.8, 4) is 0 Å². The fraction of sp³-hybridized carbons (Fsp3) is 0.176. The van der Waals surface area contributed by atoms with Gasteiger partial charge in [-0.05, 0) is 42.5 Å². The molecule has 1 aromatic heterocycles. The first kappa shape index (κ1) is 16.9. The van der Waals surface area contributed by atoms with Crippen molar-refractivity contribution in [2.45, 2.75) is 0 Å². The number of nitrogens with one attached hydrogen (secondary N) is 1. The minimum atomic E-state index is -0.293. The third-order valence-corrected chi connectivity index (χ3v) is 3.97. The molecule has 0 atom stereocenters. The minimum Gasteiger partial charge on any atom is -0.332 e. The monoisotopic (exact) mass is 357 g/mol. The van der Waals surface area contributed by atoms with Crippen LogP contribution in [0.2, 0.25) is 5.02 Å². The maximum absolute atomic E-state index is 12.5. The Morgan fingerprint density at radius 3 is 2.64 bits per heavy atom.